The molecule has 0 heterocycles. The van der Waals surface area contributed by atoms with E-state index in [4.69, 9.17) is 11.6 Å². The summed E-state index contributed by atoms with van der Waals surface area (Å²) < 4.78 is 39.3. The van der Waals surface area contributed by atoms with Crippen LogP contribution >= 0.6 is 11.6 Å². The van der Waals surface area contributed by atoms with Crippen molar-refractivity contribution in [3.63, 3.8) is 0 Å². The lowest BCUT2D eigenvalue weighted by Crippen LogP contribution is -2.17. The number of hydrogen-bond acceptors (Lipinski definition) is 1. The number of ether oxygens (including phenoxy) is 1. The maximum absolute atomic E-state index is 11.9. The molecule has 0 bridgehead atoms. The second kappa shape index (κ2) is 3.92. The summed E-state index contributed by atoms with van der Waals surface area (Å²) in [4.78, 5) is 0. The standard InChI is InChI=1S/C9H5ClF3O/c1-2-6-5-7(10)3-4-8(6)14-9(11,12)13/h3-5H,1H2. The van der Waals surface area contributed by atoms with E-state index in [1.165, 1.54) is 12.1 Å². The molecule has 0 fully saturated rings. The largest absolute Gasteiger partial charge is 0.573 e. The normalized spacial score (nSPS) is 11.1. The Morgan fingerprint density at radius 1 is 1.36 bits per heavy atom. The van der Waals surface area contributed by atoms with Crippen molar-refractivity contribution in [3.05, 3.63) is 41.4 Å². The molecule has 0 amide bonds. The van der Waals surface area contributed by atoms with Crippen LogP contribution in [-0.4, -0.2) is 6.36 Å². The fourth-order valence-electron chi connectivity index (χ4n) is 0.854. The molecule has 1 rings (SSSR count). The van der Waals surface area contributed by atoms with Crippen molar-refractivity contribution in [2.75, 3.05) is 0 Å². The highest BCUT2D eigenvalue weighted by molar-refractivity contribution is 6.30. The van der Waals surface area contributed by atoms with Gasteiger partial charge >= 0.3 is 6.36 Å². The Balaban J connectivity index is 3.03. The van der Waals surface area contributed by atoms with Crippen LogP contribution in [0.1, 0.15) is 5.56 Å². The first-order valence-corrected chi connectivity index (χ1v) is 3.88. The van der Waals surface area contributed by atoms with Gasteiger partial charge in [-0.2, -0.15) is 0 Å². The Kier molecular flexibility index (Phi) is 3.06. The molecule has 0 atom stereocenters. The van der Waals surface area contributed by atoms with Gasteiger partial charge in [-0.05, 0) is 24.3 Å². The molecule has 5 heteroatoms. The predicted molar refractivity (Wildman–Crippen MR) is 46.1 cm³/mol. The molecule has 0 aliphatic carbocycles. The maximum Gasteiger partial charge on any atom is 0.573 e. The van der Waals surface area contributed by atoms with E-state index < -0.39 is 6.36 Å². The highest BCUT2D eigenvalue weighted by Crippen LogP contribution is 2.28. The minimum absolute atomic E-state index is 0.0785. The third-order valence-corrected chi connectivity index (χ3v) is 1.59. The van der Waals surface area contributed by atoms with Gasteiger partial charge in [-0.15, -0.1) is 13.2 Å². The summed E-state index contributed by atoms with van der Waals surface area (Å²) in [6, 6.07) is 3.70. The molecule has 0 unspecified atom stereocenters. The van der Waals surface area contributed by atoms with Gasteiger partial charge < -0.3 is 4.74 Å². The van der Waals surface area contributed by atoms with Crippen LogP contribution in [0.3, 0.4) is 0 Å². The minimum Gasteiger partial charge on any atom is -0.405 e. The monoisotopic (exact) mass is 221 g/mol. The van der Waals surface area contributed by atoms with E-state index in [0.717, 1.165) is 6.07 Å². The van der Waals surface area contributed by atoms with E-state index in [0.29, 0.717) is 5.02 Å². The SMILES string of the molecule is C=[C]c1cc(Cl)ccc1OC(F)(F)F. The van der Waals surface area contributed by atoms with Crippen LogP contribution in [0.5, 0.6) is 5.75 Å². The molecular weight excluding hydrogens is 217 g/mol. The van der Waals surface area contributed by atoms with Gasteiger partial charge in [-0.25, -0.2) is 0 Å². The first-order valence-electron chi connectivity index (χ1n) is 3.51. The third kappa shape index (κ3) is 2.96. The number of alkyl halides is 3. The summed E-state index contributed by atoms with van der Waals surface area (Å²) >= 11 is 5.56. The van der Waals surface area contributed by atoms with E-state index in [-0.39, 0.29) is 11.3 Å². The molecule has 0 aliphatic rings. The Bertz CT molecular complexity index is 346. The van der Waals surface area contributed by atoms with Crippen LogP contribution in [0, 0.1) is 6.08 Å². The van der Waals surface area contributed by atoms with Gasteiger partial charge in [0.1, 0.15) is 5.75 Å². The molecule has 75 valence electrons. The molecule has 0 spiro atoms. The topological polar surface area (TPSA) is 9.23 Å². The van der Waals surface area contributed by atoms with Crippen molar-refractivity contribution in [2.45, 2.75) is 6.36 Å². The minimum atomic E-state index is -4.72. The molecule has 0 saturated carbocycles. The quantitative estimate of drug-likeness (QED) is 0.742. The van der Waals surface area contributed by atoms with E-state index in [1.807, 2.05) is 0 Å². The molecule has 0 N–H and O–H groups in total. The molecule has 1 aromatic rings. The summed E-state index contributed by atoms with van der Waals surface area (Å²) in [7, 11) is 0. The number of benzene rings is 1. The first-order chi connectivity index (χ1) is 6.42. The Morgan fingerprint density at radius 2 is 2.00 bits per heavy atom. The Morgan fingerprint density at radius 3 is 2.50 bits per heavy atom. The molecule has 14 heavy (non-hydrogen) atoms. The smallest absolute Gasteiger partial charge is 0.405 e. The zero-order valence-corrected chi connectivity index (χ0v) is 7.62. The van der Waals surface area contributed by atoms with Gasteiger partial charge in [-0.1, -0.05) is 18.2 Å². The van der Waals surface area contributed by atoms with Crippen LogP contribution in [0.15, 0.2) is 24.8 Å². The molecule has 0 aliphatic heterocycles. The zero-order valence-electron chi connectivity index (χ0n) is 6.86. The van der Waals surface area contributed by atoms with Crippen molar-refractivity contribution in [1.82, 2.24) is 0 Å². The van der Waals surface area contributed by atoms with Gasteiger partial charge in [0.15, 0.2) is 0 Å². The van der Waals surface area contributed by atoms with Gasteiger partial charge in [-0.3, -0.25) is 0 Å². The lowest BCUT2D eigenvalue weighted by molar-refractivity contribution is -0.274. The van der Waals surface area contributed by atoms with Gasteiger partial charge in [0.05, 0.1) is 0 Å². The fraction of sp³-hybridized carbons (Fsp3) is 0.111. The Labute approximate surface area is 83.8 Å². The molecule has 0 aromatic heterocycles. The van der Waals surface area contributed by atoms with Crippen LogP contribution in [0.2, 0.25) is 5.02 Å². The lowest BCUT2D eigenvalue weighted by Gasteiger charge is -2.10. The molecule has 1 aromatic carbocycles. The molecule has 1 radical (unpaired) electrons. The molecular formula is C9H5ClF3O. The second-order valence-electron chi connectivity index (χ2n) is 2.37. The number of halogens is 4. The van der Waals surface area contributed by atoms with E-state index >= 15 is 0 Å². The maximum atomic E-state index is 11.9. The summed E-state index contributed by atoms with van der Waals surface area (Å²) in [6.07, 6.45) is -2.42. The summed E-state index contributed by atoms with van der Waals surface area (Å²) in [5, 5.41) is 0.297. The second-order valence-corrected chi connectivity index (χ2v) is 2.80. The highest BCUT2D eigenvalue weighted by Gasteiger charge is 2.31. The van der Waals surface area contributed by atoms with E-state index in [1.54, 1.807) is 0 Å². The Hall–Kier alpha value is -1.16. The van der Waals surface area contributed by atoms with Gasteiger partial charge in [0.25, 0.3) is 0 Å². The van der Waals surface area contributed by atoms with Gasteiger partial charge in [0, 0.05) is 10.6 Å². The summed E-state index contributed by atoms with van der Waals surface area (Å²) in [5.41, 5.74) is 0.0785. The van der Waals surface area contributed by atoms with E-state index in [2.05, 4.69) is 17.4 Å². The van der Waals surface area contributed by atoms with Crippen LogP contribution < -0.4 is 4.74 Å². The molecule has 0 saturated heterocycles. The van der Waals surface area contributed by atoms with Crippen LogP contribution in [0.25, 0.3) is 0 Å². The predicted octanol–water partition coefficient (Wildman–Crippen LogP) is 3.58. The number of hydrogen-bond donors (Lipinski definition) is 0. The number of rotatable bonds is 2. The van der Waals surface area contributed by atoms with Gasteiger partial charge in [0.2, 0.25) is 0 Å². The average molecular weight is 222 g/mol. The van der Waals surface area contributed by atoms with Crippen LogP contribution in [0.4, 0.5) is 13.2 Å². The van der Waals surface area contributed by atoms with E-state index in [9.17, 15) is 13.2 Å². The zero-order chi connectivity index (χ0) is 10.8. The summed E-state index contributed by atoms with van der Waals surface area (Å²) in [6.45, 7) is 3.23. The van der Waals surface area contributed by atoms with Crippen molar-refractivity contribution < 1.29 is 17.9 Å². The first kappa shape index (κ1) is 10.9. The lowest BCUT2D eigenvalue weighted by atomic mass is 10.2. The van der Waals surface area contributed by atoms with Crippen molar-refractivity contribution >= 4 is 11.6 Å². The highest BCUT2D eigenvalue weighted by atomic mass is 35.5. The average Bonchev–Trinajstić information content (AvgIpc) is 2.06. The molecule has 1 nitrogen and oxygen atoms in total. The van der Waals surface area contributed by atoms with Crippen molar-refractivity contribution in [3.8, 4) is 5.75 Å². The summed E-state index contributed by atoms with van der Waals surface area (Å²) in [5.74, 6) is -0.364. The van der Waals surface area contributed by atoms with Crippen molar-refractivity contribution in [2.24, 2.45) is 0 Å². The van der Waals surface area contributed by atoms with Crippen molar-refractivity contribution in [1.29, 1.82) is 0 Å². The van der Waals surface area contributed by atoms with Crippen LogP contribution in [-0.2, 0) is 0 Å². The third-order valence-electron chi connectivity index (χ3n) is 1.36. The fourth-order valence-corrected chi connectivity index (χ4v) is 1.03.